The van der Waals surface area contributed by atoms with Crippen molar-refractivity contribution in [1.82, 2.24) is 0 Å². The molecule has 6 saturated carbocycles. The van der Waals surface area contributed by atoms with Crippen LogP contribution in [0.4, 0.5) is 61.5 Å². The van der Waals surface area contributed by atoms with Gasteiger partial charge in [-0.3, -0.25) is 24.0 Å². The van der Waals surface area contributed by atoms with E-state index in [1.807, 2.05) is 41.5 Å². The Hall–Kier alpha value is -8.62. The average Bonchev–Trinajstić information content (AvgIpc) is 1.58. The zero-order valence-electron chi connectivity index (χ0n) is 67.9. The number of carbonyl (C=O) groups is 10. The van der Waals surface area contributed by atoms with Crippen LogP contribution in [0.3, 0.4) is 0 Å². The molecular formula is C83H108F14O20. The van der Waals surface area contributed by atoms with Crippen molar-refractivity contribution in [3.05, 3.63) is 94.6 Å². The Morgan fingerprint density at radius 2 is 0.726 bits per heavy atom. The molecule has 0 amide bonds. The molecule has 0 radical (unpaired) electrons. The summed E-state index contributed by atoms with van der Waals surface area (Å²) >= 11 is 0. The van der Waals surface area contributed by atoms with Gasteiger partial charge in [0, 0.05) is 40.4 Å². The minimum Gasteiger partial charge on any atom is -0.459 e. The number of halogens is 14. The number of benzene rings is 2. The Kier molecular flexibility index (Phi) is 34.8. The Morgan fingerprint density at radius 3 is 1.05 bits per heavy atom. The van der Waals surface area contributed by atoms with E-state index in [9.17, 15) is 109 Å². The molecule has 6 aliphatic carbocycles. The number of alkyl halides is 4. The largest absolute Gasteiger partial charge is 0.459 e. The van der Waals surface area contributed by atoms with Crippen LogP contribution in [-0.2, 0) is 85.8 Å². The van der Waals surface area contributed by atoms with E-state index in [-0.39, 0.29) is 114 Å². The Bertz CT molecular complexity index is 3970. The maximum atomic E-state index is 14.3. The monoisotopic (exact) mass is 1690 g/mol. The molecule has 2 aromatic carbocycles. The summed E-state index contributed by atoms with van der Waals surface area (Å²) in [5.41, 5.74) is -1.65. The molecule has 12 unspecified atom stereocenters. The fourth-order valence-electron chi connectivity index (χ4n) is 14.1. The van der Waals surface area contributed by atoms with Crippen LogP contribution in [0.2, 0.25) is 0 Å². The zero-order chi connectivity index (χ0) is 88.4. The van der Waals surface area contributed by atoms with Crippen LogP contribution in [0.1, 0.15) is 240 Å². The molecule has 10 rings (SSSR count). The van der Waals surface area contributed by atoms with Gasteiger partial charge in [-0.25, -0.2) is 50.3 Å². The summed E-state index contributed by atoms with van der Waals surface area (Å²) in [5.74, 6) is -46.5. The molecule has 2 heterocycles. The predicted octanol–water partition coefficient (Wildman–Crippen LogP) is 18.6. The van der Waals surface area contributed by atoms with Gasteiger partial charge in [-0.2, -0.15) is 35.1 Å². The lowest BCUT2D eigenvalue weighted by Crippen LogP contribution is -2.47. The highest BCUT2D eigenvalue weighted by atomic mass is 19.3. The van der Waals surface area contributed by atoms with Gasteiger partial charge in [0.25, 0.3) is 0 Å². The molecule has 34 heteroatoms. The number of carbonyl (C=O) groups excluding carboxylic acids is 10. The van der Waals surface area contributed by atoms with Crippen LogP contribution in [0, 0.1) is 110 Å². The lowest BCUT2D eigenvalue weighted by molar-refractivity contribution is -0.196. The second-order valence-electron chi connectivity index (χ2n) is 32.3. The van der Waals surface area contributed by atoms with E-state index in [0.717, 1.165) is 97.8 Å². The first-order valence-electron chi connectivity index (χ1n) is 38.6. The second kappa shape index (κ2) is 40.4. The fourth-order valence-corrected chi connectivity index (χ4v) is 14.1. The number of ether oxygens (including phenoxy) is 10. The highest BCUT2D eigenvalue weighted by Gasteiger charge is 2.65. The third-order valence-electron chi connectivity index (χ3n) is 22.9. The summed E-state index contributed by atoms with van der Waals surface area (Å²) in [6, 6.07) is 0. The molecule has 2 saturated heterocycles. The molecular weight excluding hydrogens is 1580 g/mol. The average molecular weight is 1690 g/mol. The van der Waals surface area contributed by atoms with Crippen molar-refractivity contribution < 1.29 is 157 Å². The lowest BCUT2D eigenvalue weighted by Gasteiger charge is -2.32. The van der Waals surface area contributed by atoms with E-state index in [2.05, 4.69) is 52.5 Å². The van der Waals surface area contributed by atoms with E-state index < -0.39 is 141 Å². The van der Waals surface area contributed by atoms with Crippen LogP contribution >= 0.6 is 0 Å². The van der Waals surface area contributed by atoms with E-state index in [4.69, 9.17) is 28.4 Å². The standard InChI is InChI=1S/C17H17F7O4.C15H11F7O4.C14H20O4.C13H24O2.C12H14O4.C11H18O2.CH4/c1-5-7(27-14(25)16(3,4)6-2)17(23,24)15(26)28-13-11(21)9(19)8(18)10(20)12(13)22;1-4-6(25-13(23)5(2)3)15(21,22)14(24)26-12-10(19)8(17)7(16)9(18)11(12)20;1-4-14(2,3)13(16)18-10-7-5-8-9(6-7)12(15)17-11(8)10;1-5-12(3,4)11(14)15-13(6-2)9-7-8-10-13;1-5(2)11(13)15-9-6-3-7-8(4-6)12(14)16-10(7)9;1-4-11(7-5-6-8-11)13-10(12)9(2)3;/h7H,5-6H2,1-4H3;6H,2,4H2,1,3H3;7-11H,4-6H2,1-3H3;5-10H2,1-4H3;6-10H,1,3-4H2,2H3;2,4-8H2,1,3H3;1H4. The van der Waals surface area contributed by atoms with Gasteiger partial charge in [-0.05, 0) is 184 Å². The van der Waals surface area contributed by atoms with Crippen LogP contribution in [0.25, 0.3) is 0 Å². The summed E-state index contributed by atoms with van der Waals surface area (Å²) in [5, 5.41) is 0. The zero-order valence-corrected chi connectivity index (χ0v) is 67.9. The molecule has 0 spiro atoms. The van der Waals surface area contributed by atoms with Gasteiger partial charge in [-0.15, -0.1) is 0 Å². The van der Waals surface area contributed by atoms with Crippen LogP contribution < -0.4 is 9.47 Å². The van der Waals surface area contributed by atoms with Crippen molar-refractivity contribution in [2.45, 2.75) is 300 Å². The molecule has 20 nitrogen and oxygen atoms in total. The summed E-state index contributed by atoms with van der Waals surface area (Å²) in [7, 11) is 0. The van der Waals surface area contributed by atoms with Gasteiger partial charge in [0.15, 0.2) is 12.2 Å². The molecule has 117 heavy (non-hydrogen) atoms. The lowest BCUT2D eigenvalue weighted by atomic mass is 9.87. The number of hydrogen-bond donors (Lipinski definition) is 0. The van der Waals surface area contributed by atoms with Crippen LogP contribution in [0.15, 0.2) is 36.5 Å². The maximum Gasteiger partial charge on any atom is 0.386 e. The SMILES string of the molecule is C.C=C(C)C(=O)OC(CC)C(F)(F)C(=O)Oc1c(F)c(F)c(F)c(F)c1F.C=C(C)C(=O)OC1(CC)CCCC1.C=C(C)C(=O)OC1C2CC3C(=O)OC1C3C2.CCC(C)(C)C(=O)OC1C2CC3C(=O)OC1C3C2.CCC(OC(=O)C(C)(C)CC)C(F)(F)C(=O)Oc1c(F)c(F)c(F)c(F)c1F.CCC1(OC(=O)C(C)(C)CC)CCCC1. The van der Waals surface area contributed by atoms with Gasteiger partial charge < -0.3 is 47.4 Å². The number of esters is 10. The molecule has 2 aliphatic heterocycles. The minimum atomic E-state index is -4.65. The molecule has 2 aromatic rings. The first kappa shape index (κ1) is 101. The third-order valence-corrected chi connectivity index (χ3v) is 22.9. The normalized spacial score (nSPS) is 23.0. The van der Waals surface area contributed by atoms with Crippen molar-refractivity contribution in [3.63, 3.8) is 0 Å². The summed E-state index contributed by atoms with van der Waals surface area (Å²) in [4.78, 5) is 117. The Morgan fingerprint density at radius 1 is 0.419 bits per heavy atom. The van der Waals surface area contributed by atoms with Crippen molar-refractivity contribution in [3.8, 4) is 11.5 Å². The van der Waals surface area contributed by atoms with Crippen molar-refractivity contribution >= 4 is 59.7 Å². The second-order valence-corrected chi connectivity index (χ2v) is 32.3. The van der Waals surface area contributed by atoms with Crippen LogP contribution in [-0.4, -0.2) is 119 Å². The number of fused-ring (bicyclic) bond motifs is 2. The first-order chi connectivity index (χ1) is 53.6. The highest BCUT2D eigenvalue weighted by Crippen LogP contribution is 2.57. The smallest absolute Gasteiger partial charge is 0.386 e. The summed E-state index contributed by atoms with van der Waals surface area (Å²) < 4.78 is 238. The number of hydrogen-bond acceptors (Lipinski definition) is 20. The Balaban J connectivity index is 0.000000301. The topological polar surface area (TPSA) is 263 Å². The molecule has 8 aliphatic rings. The van der Waals surface area contributed by atoms with E-state index in [1.54, 1.807) is 20.8 Å². The minimum absolute atomic E-state index is 0. The van der Waals surface area contributed by atoms with Gasteiger partial charge in [0.2, 0.25) is 69.7 Å². The molecule has 658 valence electrons. The van der Waals surface area contributed by atoms with Gasteiger partial charge in [-0.1, -0.05) is 75.6 Å². The van der Waals surface area contributed by atoms with Gasteiger partial charge >= 0.3 is 71.5 Å². The maximum absolute atomic E-state index is 14.3. The fraction of sp³-hybridized carbons (Fsp3) is 0.663. The molecule has 12 atom stereocenters. The first-order valence-corrected chi connectivity index (χ1v) is 38.6. The van der Waals surface area contributed by atoms with Crippen molar-refractivity contribution in [2.24, 2.45) is 51.8 Å². The molecule has 4 bridgehead atoms. The summed E-state index contributed by atoms with van der Waals surface area (Å²) in [6.07, 6.45) is 9.29. The predicted molar refractivity (Wildman–Crippen MR) is 391 cm³/mol. The third kappa shape index (κ3) is 22.9. The quantitative estimate of drug-likeness (QED) is 0.0170. The summed E-state index contributed by atoms with van der Waals surface area (Å²) in [6.45, 7) is 37.2. The van der Waals surface area contributed by atoms with E-state index >= 15 is 0 Å². The van der Waals surface area contributed by atoms with Crippen molar-refractivity contribution in [2.75, 3.05) is 0 Å². The highest BCUT2D eigenvalue weighted by molar-refractivity contribution is 5.89. The molecule has 0 aromatic heterocycles. The molecule has 8 fully saturated rings. The Labute approximate surface area is 671 Å². The van der Waals surface area contributed by atoms with Crippen molar-refractivity contribution in [1.29, 1.82) is 0 Å². The van der Waals surface area contributed by atoms with Gasteiger partial charge in [0.05, 0.1) is 28.1 Å². The van der Waals surface area contributed by atoms with E-state index in [1.165, 1.54) is 39.5 Å². The van der Waals surface area contributed by atoms with E-state index in [0.29, 0.717) is 28.9 Å². The number of rotatable bonds is 25. The molecule has 0 N–H and O–H groups in total. The van der Waals surface area contributed by atoms with Gasteiger partial charge in [0.1, 0.15) is 35.6 Å². The van der Waals surface area contributed by atoms with Crippen LogP contribution in [0.5, 0.6) is 11.5 Å².